The molecule has 1 unspecified atom stereocenters. The molecule has 0 aromatic heterocycles. The van der Waals surface area contributed by atoms with E-state index < -0.39 is 0 Å². The van der Waals surface area contributed by atoms with Crippen molar-refractivity contribution in [2.75, 3.05) is 6.54 Å². The molecule has 0 radical (unpaired) electrons. The molecule has 1 nitrogen and oxygen atoms in total. The van der Waals surface area contributed by atoms with Crippen molar-refractivity contribution in [1.29, 1.82) is 0 Å². The Balaban J connectivity index is 0.000000371. The maximum absolute atomic E-state index is 3.87. The molecule has 1 saturated heterocycles. The lowest BCUT2D eigenvalue weighted by Gasteiger charge is -2.06. The van der Waals surface area contributed by atoms with Crippen LogP contribution < -0.4 is 5.32 Å². The highest BCUT2D eigenvalue weighted by Gasteiger charge is 2.12. The summed E-state index contributed by atoms with van der Waals surface area (Å²) < 4.78 is 0. The van der Waals surface area contributed by atoms with Gasteiger partial charge in [-0.3, -0.25) is 0 Å². The first-order valence-corrected chi connectivity index (χ1v) is 4.19. The van der Waals surface area contributed by atoms with Gasteiger partial charge in [0.1, 0.15) is 0 Å². The van der Waals surface area contributed by atoms with Gasteiger partial charge in [0.15, 0.2) is 0 Å². The predicted molar refractivity (Wildman–Crippen MR) is 47.2 cm³/mol. The molecular weight excluding hydrogens is 122 g/mol. The van der Waals surface area contributed by atoms with E-state index in [-0.39, 0.29) is 0 Å². The van der Waals surface area contributed by atoms with Crippen LogP contribution in [0, 0.1) is 0 Å². The Morgan fingerprint density at radius 3 is 2.30 bits per heavy atom. The van der Waals surface area contributed by atoms with Crippen LogP contribution >= 0.6 is 0 Å². The van der Waals surface area contributed by atoms with E-state index in [2.05, 4.69) is 18.8 Å². The van der Waals surface area contributed by atoms with Gasteiger partial charge in [0.05, 0.1) is 0 Å². The van der Waals surface area contributed by atoms with Gasteiger partial charge in [-0.05, 0) is 26.3 Å². The number of hydrogen-bond donors (Lipinski definition) is 1. The fourth-order valence-electron chi connectivity index (χ4n) is 1.11. The standard InChI is InChI=1S/C7H13N.C2H6/c1-6(2)7-4-3-5-8-7;1-2/h7-8H,1,3-5H2,2H3;1-2H3. The van der Waals surface area contributed by atoms with Crippen molar-refractivity contribution in [3.05, 3.63) is 12.2 Å². The van der Waals surface area contributed by atoms with Gasteiger partial charge in [-0.2, -0.15) is 0 Å². The predicted octanol–water partition coefficient (Wildman–Crippen LogP) is 2.34. The SMILES string of the molecule is C=C(C)C1CCCN1.CC. The first-order valence-electron chi connectivity index (χ1n) is 4.19. The Morgan fingerprint density at radius 2 is 2.10 bits per heavy atom. The Kier molecular flexibility index (Phi) is 5.32. The van der Waals surface area contributed by atoms with E-state index in [4.69, 9.17) is 0 Å². The first kappa shape index (κ1) is 9.70. The zero-order valence-corrected chi connectivity index (χ0v) is 7.41. The van der Waals surface area contributed by atoms with Crippen LogP contribution in [-0.2, 0) is 0 Å². The first-order chi connectivity index (χ1) is 4.80. The summed E-state index contributed by atoms with van der Waals surface area (Å²) >= 11 is 0. The molecule has 1 heterocycles. The molecule has 1 aliphatic rings. The van der Waals surface area contributed by atoms with Crippen LogP contribution in [0.15, 0.2) is 12.2 Å². The van der Waals surface area contributed by atoms with Gasteiger partial charge in [-0.1, -0.05) is 26.0 Å². The van der Waals surface area contributed by atoms with E-state index in [0.29, 0.717) is 6.04 Å². The van der Waals surface area contributed by atoms with Gasteiger partial charge in [0.2, 0.25) is 0 Å². The molecule has 1 atom stereocenters. The van der Waals surface area contributed by atoms with E-state index in [0.717, 1.165) is 0 Å². The van der Waals surface area contributed by atoms with Gasteiger partial charge < -0.3 is 5.32 Å². The minimum Gasteiger partial charge on any atom is -0.310 e. The van der Waals surface area contributed by atoms with E-state index in [1.807, 2.05) is 13.8 Å². The third-order valence-electron chi connectivity index (χ3n) is 1.66. The Labute approximate surface area is 64.5 Å². The average Bonchev–Trinajstić information content (AvgIpc) is 2.42. The summed E-state index contributed by atoms with van der Waals surface area (Å²) in [5.41, 5.74) is 1.28. The topological polar surface area (TPSA) is 12.0 Å². The van der Waals surface area contributed by atoms with Crippen LogP contribution in [0.3, 0.4) is 0 Å². The van der Waals surface area contributed by atoms with Crippen molar-refractivity contribution in [2.24, 2.45) is 0 Å². The third-order valence-corrected chi connectivity index (χ3v) is 1.66. The lowest BCUT2D eigenvalue weighted by molar-refractivity contribution is 0.692. The fourth-order valence-corrected chi connectivity index (χ4v) is 1.11. The van der Waals surface area contributed by atoms with Gasteiger partial charge >= 0.3 is 0 Å². The van der Waals surface area contributed by atoms with Crippen LogP contribution in [0.4, 0.5) is 0 Å². The summed E-state index contributed by atoms with van der Waals surface area (Å²) in [5.74, 6) is 0. The van der Waals surface area contributed by atoms with Crippen molar-refractivity contribution in [3.8, 4) is 0 Å². The maximum atomic E-state index is 3.87. The van der Waals surface area contributed by atoms with E-state index >= 15 is 0 Å². The highest BCUT2D eigenvalue weighted by Crippen LogP contribution is 2.10. The molecule has 1 heteroatoms. The minimum absolute atomic E-state index is 0.620. The molecule has 0 spiro atoms. The lowest BCUT2D eigenvalue weighted by atomic mass is 10.1. The summed E-state index contributed by atoms with van der Waals surface area (Å²) in [6.07, 6.45) is 2.60. The van der Waals surface area contributed by atoms with Crippen LogP contribution in [0.1, 0.15) is 33.6 Å². The quantitative estimate of drug-likeness (QED) is 0.553. The lowest BCUT2D eigenvalue weighted by Crippen LogP contribution is -2.21. The van der Waals surface area contributed by atoms with Crippen LogP contribution in [0.2, 0.25) is 0 Å². The van der Waals surface area contributed by atoms with Gasteiger partial charge in [-0.25, -0.2) is 0 Å². The molecule has 0 aromatic rings. The summed E-state index contributed by atoms with van der Waals surface area (Å²) in [4.78, 5) is 0. The Morgan fingerprint density at radius 1 is 1.50 bits per heavy atom. The van der Waals surface area contributed by atoms with Crippen molar-refractivity contribution < 1.29 is 0 Å². The highest BCUT2D eigenvalue weighted by molar-refractivity contribution is 5.03. The molecular formula is C9H19N. The largest absolute Gasteiger partial charge is 0.310 e. The molecule has 0 aliphatic carbocycles. The molecule has 0 aromatic carbocycles. The fraction of sp³-hybridized carbons (Fsp3) is 0.778. The second-order valence-corrected chi connectivity index (χ2v) is 2.50. The van der Waals surface area contributed by atoms with Crippen molar-refractivity contribution >= 4 is 0 Å². The molecule has 60 valence electrons. The van der Waals surface area contributed by atoms with Crippen LogP contribution in [0.25, 0.3) is 0 Å². The molecule has 1 aliphatic heterocycles. The average molecular weight is 141 g/mol. The zero-order valence-electron chi connectivity index (χ0n) is 7.41. The van der Waals surface area contributed by atoms with Gasteiger partial charge in [0, 0.05) is 6.04 Å². The third kappa shape index (κ3) is 3.02. The second-order valence-electron chi connectivity index (χ2n) is 2.50. The molecule has 0 amide bonds. The molecule has 1 fully saturated rings. The molecule has 1 N–H and O–H groups in total. The van der Waals surface area contributed by atoms with E-state index in [9.17, 15) is 0 Å². The van der Waals surface area contributed by atoms with Gasteiger partial charge in [-0.15, -0.1) is 0 Å². The number of hydrogen-bond acceptors (Lipinski definition) is 1. The highest BCUT2D eigenvalue weighted by atomic mass is 14.9. The van der Waals surface area contributed by atoms with E-state index in [1.165, 1.54) is 25.0 Å². The molecule has 1 rings (SSSR count). The van der Waals surface area contributed by atoms with Crippen LogP contribution in [0.5, 0.6) is 0 Å². The monoisotopic (exact) mass is 141 g/mol. The minimum atomic E-state index is 0.620. The summed E-state index contributed by atoms with van der Waals surface area (Å²) in [6, 6.07) is 0.620. The molecule has 10 heavy (non-hydrogen) atoms. The van der Waals surface area contributed by atoms with E-state index in [1.54, 1.807) is 0 Å². The van der Waals surface area contributed by atoms with Crippen LogP contribution in [-0.4, -0.2) is 12.6 Å². The Bertz CT molecular complexity index is 90.9. The number of rotatable bonds is 1. The molecule has 0 bridgehead atoms. The molecule has 0 saturated carbocycles. The maximum Gasteiger partial charge on any atom is 0.0274 e. The second kappa shape index (κ2) is 5.48. The zero-order chi connectivity index (χ0) is 7.98. The summed E-state index contributed by atoms with van der Waals surface area (Å²) in [6.45, 7) is 11.1. The van der Waals surface area contributed by atoms with Gasteiger partial charge in [0.25, 0.3) is 0 Å². The van der Waals surface area contributed by atoms with Crippen molar-refractivity contribution in [1.82, 2.24) is 5.32 Å². The smallest absolute Gasteiger partial charge is 0.0274 e. The normalized spacial score (nSPS) is 23.3. The van der Waals surface area contributed by atoms with Crippen molar-refractivity contribution in [2.45, 2.75) is 39.7 Å². The summed E-state index contributed by atoms with van der Waals surface area (Å²) in [7, 11) is 0. The van der Waals surface area contributed by atoms with Crippen molar-refractivity contribution in [3.63, 3.8) is 0 Å². The number of nitrogens with one attached hydrogen (secondary N) is 1. The Hall–Kier alpha value is -0.300. The summed E-state index contributed by atoms with van der Waals surface area (Å²) in [5, 5.41) is 3.36.